The van der Waals surface area contributed by atoms with E-state index in [0.717, 1.165) is 12.1 Å². The molecule has 1 atom stereocenters. The van der Waals surface area contributed by atoms with Gasteiger partial charge in [0.15, 0.2) is 6.61 Å². The maximum atomic E-state index is 13.1. The highest BCUT2D eigenvalue weighted by Crippen LogP contribution is 2.24. The van der Waals surface area contributed by atoms with Crippen LogP contribution < -0.4 is 10.5 Å². The molecule has 0 saturated heterocycles. The van der Waals surface area contributed by atoms with Crippen molar-refractivity contribution in [2.45, 2.75) is 32.0 Å². The molecule has 0 aliphatic heterocycles. The Morgan fingerprint density at radius 3 is 2.56 bits per heavy atom. The van der Waals surface area contributed by atoms with Gasteiger partial charge in [-0.2, -0.15) is 13.2 Å². The first-order valence-electron chi connectivity index (χ1n) is 5.55. The van der Waals surface area contributed by atoms with Crippen molar-refractivity contribution in [3.63, 3.8) is 0 Å². The molecule has 1 unspecified atom stereocenters. The summed E-state index contributed by atoms with van der Waals surface area (Å²) in [5, 5.41) is 0. The van der Waals surface area contributed by atoms with E-state index in [0.29, 0.717) is 12.0 Å². The fraction of sp³-hybridized carbons (Fsp3) is 0.500. The van der Waals surface area contributed by atoms with Crippen LogP contribution in [0.3, 0.4) is 0 Å². The summed E-state index contributed by atoms with van der Waals surface area (Å²) in [5.41, 5.74) is 6.06. The normalized spacial score (nSPS) is 13.4. The van der Waals surface area contributed by atoms with Crippen LogP contribution in [0.1, 0.15) is 18.9 Å². The summed E-state index contributed by atoms with van der Waals surface area (Å²) in [6.07, 6.45) is -3.49. The van der Waals surface area contributed by atoms with Gasteiger partial charge < -0.3 is 10.5 Å². The molecule has 2 nitrogen and oxygen atoms in total. The monoisotopic (exact) mass is 265 g/mol. The largest absolute Gasteiger partial charge is 0.484 e. The second-order valence-corrected chi connectivity index (χ2v) is 4.03. The highest BCUT2D eigenvalue weighted by molar-refractivity contribution is 5.34. The third kappa shape index (κ3) is 4.91. The van der Waals surface area contributed by atoms with Crippen molar-refractivity contribution in [1.82, 2.24) is 0 Å². The van der Waals surface area contributed by atoms with Gasteiger partial charge in [-0.15, -0.1) is 0 Å². The Hall–Kier alpha value is -1.30. The van der Waals surface area contributed by atoms with Gasteiger partial charge in [0.05, 0.1) is 0 Å². The fourth-order valence-corrected chi connectivity index (χ4v) is 1.43. The molecule has 0 bridgehead atoms. The number of nitrogens with two attached hydrogens (primary N) is 1. The topological polar surface area (TPSA) is 35.2 Å². The van der Waals surface area contributed by atoms with Gasteiger partial charge in [-0.1, -0.05) is 6.92 Å². The molecule has 0 fully saturated rings. The molecule has 0 spiro atoms. The van der Waals surface area contributed by atoms with Crippen LogP contribution in [0, 0.1) is 5.82 Å². The van der Waals surface area contributed by atoms with Crippen LogP contribution in [-0.4, -0.2) is 18.8 Å². The minimum absolute atomic E-state index is 0.0256. The lowest BCUT2D eigenvalue weighted by Crippen LogP contribution is -2.23. The second kappa shape index (κ2) is 6.04. The van der Waals surface area contributed by atoms with Gasteiger partial charge in [0, 0.05) is 6.04 Å². The Morgan fingerprint density at radius 1 is 1.33 bits per heavy atom. The maximum absolute atomic E-state index is 13.1. The molecule has 6 heteroatoms. The Bertz CT molecular complexity index is 392. The lowest BCUT2D eigenvalue weighted by Gasteiger charge is -2.15. The van der Waals surface area contributed by atoms with Gasteiger partial charge >= 0.3 is 6.18 Å². The standard InChI is InChI=1S/C12H15F4NO/c1-2-10(17)6-8-5-9(13)3-4-11(8)18-7-12(14,15)16/h3-5,10H,2,6-7,17H2,1H3. The molecule has 1 rings (SSSR count). The predicted molar refractivity (Wildman–Crippen MR) is 59.9 cm³/mol. The molecule has 0 radical (unpaired) electrons. The van der Waals surface area contributed by atoms with Crippen LogP contribution in [0.25, 0.3) is 0 Å². The van der Waals surface area contributed by atoms with Gasteiger partial charge in [-0.05, 0) is 36.6 Å². The lowest BCUT2D eigenvalue weighted by atomic mass is 10.0. The van der Waals surface area contributed by atoms with E-state index in [1.54, 1.807) is 0 Å². The van der Waals surface area contributed by atoms with E-state index >= 15 is 0 Å². The highest BCUT2D eigenvalue weighted by atomic mass is 19.4. The quantitative estimate of drug-likeness (QED) is 0.830. The molecule has 0 saturated carbocycles. The first-order chi connectivity index (χ1) is 8.31. The summed E-state index contributed by atoms with van der Waals surface area (Å²) < 4.78 is 53.9. The molecule has 0 aliphatic rings. The first kappa shape index (κ1) is 14.8. The highest BCUT2D eigenvalue weighted by Gasteiger charge is 2.28. The number of rotatable bonds is 5. The van der Waals surface area contributed by atoms with Crippen LogP contribution in [0.5, 0.6) is 5.75 Å². The fourth-order valence-electron chi connectivity index (χ4n) is 1.43. The summed E-state index contributed by atoms with van der Waals surface area (Å²) in [4.78, 5) is 0. The summed E-state index contributed by atoms with van der Waals surface area (Å²) in [6, 6.07) is 3.17. The zero-order chi connectivity index (χ0) is 13.8. The summed E-state index contributed by atoms with van der Waals surface area (Å²) in [6.45, 7) is 0.452. The Kier molecular flexibility index (Phi) is 4.95. The molecule has 0 aliphatic carbocycles. The zero-order valence-electron chi connectivity index (χ0n) is 9.93. The predicted octanol–water partition coefficient (Wildman–Crippen LogP) is 3.05. The number of halogens is 4. The molecule has 2 N–H and O–H groups in total. The maximum Gasteiger partial charge on any atom is 0.422 e. The molecule has 18 heavy (non-hydrogen) atoms. The van der Waals surface area contributed by atoms with Gasteiger partial charge in [-0.25, -0.2) is 4.39 Å². The van der Waals surface area contributed by atoms with Crippen molar-refractivity contribution in [3.8, 4) is 5.75 Å². The number of alkyl halides is 3. The minimum atomic E-state index is -4.42. The van der Waals surface area contributed by atoms with E-state index in [1.165, 1.54) is 6.07 Å². The summed E-state index contributed by atoms with van der Waals surface area (Å²) in [7, 11) is 0. The van der Waals surface area contributed by atoms with E-state index in [2.05, 4.69) is 4.74 Å². The van der Waals surface area contributed by atoms with E-state index in [1.807, 2.05) is 6.92 Å². The van der Waals surface area contributed by atoms with Crippen LogP contribution >= 0.6 is 0 Å². The average molecular weight is 265 g/mol. The molecule has 102 valence electrons. The second-order valence-electron chi connectivity index (χ2n) is 4.03. The smallest absolute Gasteiger partial charge is 0.422 e. The van der Waals surface area contributed by atoms with Gasteiger partial charge in [-0.3, -0.25) is 0 Å². The molecule has 1 aromatic rings. The van der Waals surface area contributed by atoms with Gasteiger partial charge in [0.2, 0.25) is 0 Å². The van der Waals surface area contributed by atoms with Gasteiger partial charge in [0.25, 0.3) is 0 Å². The van der Waals surface area contributed by atoms with Crippen molar-refractivity contribution < 1.29 is 22.3 Å². The SMILES string of the molecule is CCC(N)Cc1cc(F)ccc1OCC(F)(F)F. The zero-order valence-corrected chi connectivity index (χ0v) is 9.93. The summed E-state index contributed by atoms with van der Waals surface area (Å²) >= 11 is 0. The Balaban J connectivity index is 2.82. The lowest BCUT2D eigenvalue weighted by molar-refractivity contribution is -0.153. The summed E-state index contributed by atoms with van der Waals surface area (Å²) in [5.74, 6) is -0.495. The van der Waals surface area contributed by atoms with Crippen LogP contribution in [-0.2, 0) is 6.42 Å². The van der Waals surface area contributed by atoms with Crippen molar-refractivity contribution >= 4 is 0 Å². The van der Waals surface area contributed by atoms with E-state index < -0.39 is 18.6 Å². The number of benzene rings is 1. The number of ether oxygens (including phenoxy) is 1. The molecule has 0 heterocycles. The third-order valence-corrected chi connectivity index (χ3v) is 2.42. The van der Waals surface area contributed by atoms with Crippen molar-refractivity contribution in [3.05, 3.63) is 29.6 Å². The van der Waals surface area contributed by atoms with Gasteiger partial charge in [0.1, 0.15) is 11.6 Å². The molecule has 0 amide bonds. The molecular weight excluding hydrogens is 250 g/mol. The van der Waals surface area contributed by atoms with Crippen molar-refractivity contribution in [2.75, 3.05) is 6.61 Å². The average Bonchev–Trinajstić information content (AvgIpc) is 2.26. The van der Waals surface area contributed by atoms with E-state index in [-0.39, 0.29) is 18.2 Å². The number of hydrogen-bond acceptors (Lipinski definition) is 2. The van der Waals surface area contributed by atoms with Crippen LogP contribution in [0.4, 0.5) is 17.6 Å². The van der Waals surface area contributed by atoms with Crippen LogP contribution in [0.15, 0.2) is 18.2 Å². The first-order valence-corrected chi connectivity index (χ1v) is 5.55. The van der Waals surface area contributed by atoms with Crippen LogP contribution in [0.2, 0.25) is 0 Å². The van der Waals surface area contributed by atoms with Crippen molar-refractivity contribution in [2.24, 2.45) is 5.73 Å². The number of hydrogen-bond donors (Lipinski definition) is 1. The molecule has 1 aromatic carbocycles. The van der Waals surface area contributed by atoms with Crippen molar-refractivity contribution in [1.29, 1.82) is 0 Å². The minimum Gasteiger partial charge on any atom is -0.484 e. The third-order valence-electron chi connectivity index (χ3n) is 2.42. The molecule has 0 aromatic heterocycles. The van der Waals surface area contributed by atoms with E-state index in [4.69, 9.17) is 5.73 Å². The Labute approximate surface area is 103 Å². The van der Waals surface area contributed by atoms with E-state index in [9.17, 15) is 17.6 Å². The molecular formula is C12H15F4NO. The Morgan fingerprint density at radius 2 is 2.00 bits per heavy atom.